The fourth-order valence-electron chi connectivity index (χ4n) is 2.88. The van der Waals surface area contributed by atoms with E-state index in [-0.39, 0.29) is 19.1 Å². The molecule has 4 heteroatoms. The summed E-state index contributed by atoms with van der Waals surface area (Å²) in [4.78, 5) is 12.1. The average molecular weight is 311 g/mol. The molecule has 0 aromatic heterocycles. The van der Waals surface area contributed by atoms with E-state index in [1.807, 2.05) is 31.2 Å². The molecule has 0 aliphatic heterocycles. The number of aliphatic hydroxyl groups excluding tert-OH is 1. The van der Waals surface area contributed by atoms with E-state index in [9.17, 15) is 9.90 Å². The van der Waals surface area contributed by atoms with E-state index in [1.54, 1.807) is 6.07 Å². The zero-order valence-electron chi connectivity index (χ0n) is 13.3. The van der Waals surface area contributed by atoms with Gasteiger partial charge >= 0.3 is 0 Å². The summed E-state index contributed by atoms with van der Waals surface area (Å²) in [5.41, 5.74) is 5.14. The summed E-state index contributed by atoms with van der Waals surface area (Å²) < 4.78 is 5.60. The fraction of sp³-hybridized carbons (Fsp3) is 0.316. The van der Waals surface area contributed by atoms with Crippen molar-refractivity contribution in [2.45, 2.75) is 32.8 Å². The van der Waals surface area contributed by atoms with Crippen molar-refractivity contribution in [2.24, 2.45) is 0 Å². The maximum atomic E-state index is 12.1. The smallest absolute Gasteiger partial charge is 0.262 e. The SMILES string of the molecule is Cc1ccc(CO)cc1NC(=O)COc1ccc2c(c1)CCC2. The van der Waals surface area contributed by atoms with Crippen molar-refractivity contribution in [3.8, 4) is 5.75 Å². The van der Waals surface area contributed by atoms with Gasteiger partial charge in [0, 0.05) is 5.69 Å². The molecular weight excluding hydrogens is 290 g/mol. The first kappa shape index (κ1) is 15.6. The van der Waals surface area contributed by atoms with Crippen molar-refractivity contribution in [2.75, 3.05) is 11.9 Å². The van der Waals surface area contributed by atoms with Crippen LogP contribution in [-0.2, 0) is 24.2 Å². The maximum Gasteiger partial charge on any atom is 0.262 e. The minimum absolute atomic E-state index is 0.0262. The van der Waals surface area contributed by atoms with Crippen molar-refractivity contribution in [3.63, 3.8) is 0 Å². The Morgan fingerprint density at radius 3 is 2.83 bits per heavy atom. The highest BCUT2D eigenvalue weighted by atomic mass is 16.5. The Bertz CT molecular complexity index is 725. The van der Waals surface area contributed by atoms with Crippen LogP contribution in [0.2, 0.25) is 0 Å². The Labute approximate surface area is 136 Å². The number of amides is 1. The molecule has 0 saturated heterocycles. The number of aliphatic hydroxyl groups is 1. The van der Waals surface area contributed by atoms with Crippen LogP contribution < -0.4 is 10.1 Å². The fourth-order valence-corrected chi connectivity index (χ4v) is 2.88. The summed E-state index contributed by atoms with van der Waals surface area (Å²) >= 11 is 0. The molecule has 0 radical (unpaired) electrons. The Kier molecular flexibility index (Phi) is 4.63. The number of carbonyl (C=O) groups excluding carboxylic acids is 1. The molecule has 3 rings (SSSR count). The second-order valence-corrected chi connectivity index (χ2v) is 5.93. The van der Waals surface area contributed by atoms with Gasteiger partial charge < -0.3 is 15.2 Å². The van der Waals surface area contributed by atoms with Crippen LogP contribution in [0.1, 0.15) is 28.7 Å². The normalized spacial score (nSPS) is 12.8. The van der Waals surface area contributed by atoms with Crippen LogP contribution in [0.4, 0.5) is 5.69 Å². The number of fused-ring (bicyclic) bond motifs is 1. The van der Waals surface area contributed by atoms with E-state index in [2.05, 4.69) is 11.4 Å². The first-order valence-electron chi connectivity index (χ1n) is 7.90. The van der Waals surface area contributed by atoms with Crippen molar-refractivity contribution in [1.29, 1.82) is 0 Å². The summed E-state index contributed by atoms with van der Waals surface area (Å²) in [5, 5.41) is 12.0. The first-order chi connectivity index (χ1) is 11.2. The van der Waals surface area contributed by atoms with Gasteiger partial charge in [-0.1, -0.05) is 18.2 Å². The van der Waals surface area contributed by atoms with Gasteiger partial charge in [-0.2, -0.15) is 0 Å². The average Bonchev–Trinajstić information content (AvgIpc) is 3.02. The summed E-state index contributed by atoms with van der Waals surface area (Å²) in [6.45, 7) is 1.84. The van der Waals surface area contributed by atoms with Gasteiger partial charge in [0.15, 0.2) is 6.61 Å². The molecule has 2 aromatic rings. The zero-order valence-corrected chi connectivity index (χ0v) is 13.3. The summed E-state index contributed by atoms with van der Waals surface area (Å²) in [5.74, 6) is 0.533. The first-order valence-corrected chi connectivity index (χ1v) is 7.90. The van der Waals surface area contributed by atoms with Crippen molar-refractivity contribution >= 4 is 11.6 Å². The van der Waals surface area contributed by atoms with Gasteiger partial charge in [0.25, 0.3) is 5.91 Å². The lowest BCUT2D eigenvalue weighted by Gasteiger charge is -2.11. The molecule has 4 nitrogen and oxygen atoms in total. The van der Waals surface area contributed by atoms with Gasteiger partial charge in [-0.3, -0.25) is 4.79 Å². The molecule has 1 aliphatic carbocycles. The summed E-state index contributed by atoms with van der Waals surface area (Å²) in [6, 6.07) is 11.5. The van der Waals surface area contributed by atoms with Crippen LogP contribution in [0.25, 0.3) is 0 Å². The van der Waals surface area contributed by atoms with E-state index in [4.69, 9.17) is 4.74 Å². The Morgan fingerprint density at radius 2 is 2.00 bits per heavy atom. The standard InChI is InChI=1S/C19H21NO3/c1-13-5-6-14(11-21)9-18(13)20-19(22)12-23-17-8-7-15-3-2-4-16(15)10-17/h5-10,21H,2-4,11-12H2,1H3,(H,20,22). The molecule has 0 bridgehead atoms. The Hall–Kier alpha value is -2.33. The van der Waals surface area contributed by atoms with Crippen LogP contribution in [0.3, 0.4) is 0 Å². The monoisotopic (exact) mass is 311 g/mol. The third-order valence-electron chi connectivity index (χ3n) is 4.20. The molecule has 0 atom stereocenters. The second-order valence-electron chi connectivity index (χ2n) is 5.93. The lowest BCUT2D eigenvalue weighted by Crippen LogP contribution is -2.20. The number of rotatable bonds is 5. The van der Waals surface area contributed by atoms with E-state index < -0.39 is 0 Å². The van der Waals surface area contributed by atoms with Crippen LogP contribution >= 0.6 is 0 Å². The molecule has 0 saturated carbocycles. The van der Waals surface area contributed by atoms with E-state index in [0.29, 0.717) is 5.69 Å². The van der Waals surface area contributed by atoms with Gasteiger partial charge in [0.1, 0.15) is 5.75 Å². The quantitative estimate of drug-likeness (QED) is 0.892. The number of hydrogen-bond donors (Lipinski definition) is 2. The number of anilines is 1. The number of aryl methyl sites for hydroxylation is 3. The summed E-state index contributed by atoms with van der Waals surface area (Å²) in [7, 11) is 0. The number of hydrogen-bond acceptors (Lipinski definition) is 3. The molecule has 120 valence electrons. The number of nitrogens with one attached hydrogen (secondary N) is 1. The minimum atomic E-state index is -0.205. The highest BCUT2D eigenvalue weighted by Gasteiger charge is 2.12. The van der Waals surface area contributed by atoms with Crippen LogP contribution in [-0.4, -0.2) is 17.6 Å². The molecule has 0 fully saturated rings. The van der Waals surface area contributed by atoms with E-state index in [1.165, 1.54) is 17.5 Å². The third kappa shape index (κ3) is 3.71. The lowest BCUT2D eigenvalue weighted by atomic mass is 10.1. The largest absolute Gasteiger partial charge is 0.484 e. The highest BCUT2D eigenvalue weighted by Crippen LogP contribution is 2.26. The van der Waals surface area contributed by atoms with E-state index >= 15 is 0 Å². The van der Waals surface area contributed by atoms with Crippen molar-refractivity contribution in [1.82, 2.24) is 0 Å². The molecule has 0 spiro atoms. The number of ether oxygens (including phenoxy) is 1. The molecular formula is C19H21NO3. The molecule has 1 aliphatic rings. The third-order valence-corrected chi connectivity index (χ3v) is 4.20. The molecule has 0 heterocycles. The van der Waals surface area contributed by atoms with Crippen LogP contribution in [0, 0.1) is 6.92 Å². The van der Waals surface area contributed by atoms with Crippen molar-refractivity contribution < 1.29 is 14.6 Å². The van der Waals surface area contributed by atoms with Gasteiger partial charge in [-0.05, 0) is 66.6 Å². The van der Waals surface area contributed by atoms with Crippen LogP contribution in [0.5, 0.6) is 5.75 Å². The van der Waals surface area contributed by atoms with Gasteiger partial charge in [-0.25, -0.2) is 0 Å². The Balaban J connectivity index is 1.59. The molecule has 0 unspecified atom stereocenters. The minimum Gasteiger partial charge on any atom is -0.484 e. The summed E-state index contributed by atoms with van der Waals surface area (Å²) in [6.07, 6.45) is 3.42. The topological polar surface area (TPSA) is 58.6 Å². The number of carbonyl (C=O) groups is 1. The molecule has 2 N–H and O–H groups in total. The molecule has 2 aromatic carbocycles. The van der Waals surface area contributed by atoms with Crippen LogP contribution in [0.15, 0.2) is 36.4 Å². The Morgan fingerprint density at radius 1 is 1.17 bits per heavy atom. The lowest BCUT2D eigenvalue weighted by molar-refractivity contribution is -0.118. The van der Waals surface area contributed by atoms with Crippen molar-refractivity contribution in [3.05, 3.63) is 58.7 Å². The van der Waals surface area contributed by atoms with Gasteiger partial charge in [0.05, 0.1) is 6.61 Å². The molecule has 23 heavy (non-hydrogen) atoms. The highest BCUT2D eigenvalue weighted by molar-refractivity contribution is 5.92. The predicted molar refractivity (Wildman–Crippen MR) is 89.7 cm³/mol. The van der Waals surface area contributed by atoms with Gasteiger partial charge in [-0.15, -0.1) is 0 Å². The predicted octanol–water partition coefficient (Wildman–Crippen LogP) is 2.99. The second kappa shape index (κ2) is 6.84. The van der Waals surface area contributed by atoms with E-state index in [0.717, 1.165) is 29.7 Å². The van der Waals surface area contributed by atoms with Gasteiger partial charge in [0.2, 0.25) is 0 Å². The maximum absolute atomic E-state index is 12.1. The molecule has 1 amide bonds. The zero-order chi connectivity index (χ0) is 16.2. The number of benzene rings is 2.